The van der Waals surface area contributed by atoms with Crippen molar-refractivity contribution in [3.63, 3.8) is 0 Å². The molecule has 0 aromatic heterocycles. The van der Waals surface area contributed by atoms with Gasteiger partial charge >= 0.3 is 0 Å². The summed E-state index contributed by atoms with van der Waals surface area (Å²) in [4.78, 5) is 17.7. The van der Waals surface area contributed by atoms with E-state index in [0.717, 1.165) is 50.0 Å². The molecule has 32 heavy (non-hydrogen) atoms. The van der Waals surface area contributed by atoms with Crippen molar-refractivity contribution in [2.45, 2.75) is 44.7 Å². The van der Waals surface area contributed by atoms with Crippen molar-refractivity contribution in [2.75, 3.05) is 38.2 Å². The van der Waals surface area contributed by atoms with E-state index in [1.54, 1.807) is 7.11 Å². The molecule has 1 heterocycles. The van der Waals surface area contributed by atoms with Crippen molar-refractivity contribution in [1.29, 1.82) is 0 Å². The number of rotatable bonds is 6. The number of para-hydroxylation sites is 2. The Morgan fingerprint density at radius 2 is 1.69 bits per heavy atom. The van der Waals surface area contributed by atoms with E-state index in [1.165, 1.54) is 43.4 Å². The second kappa shape index (κ2) is 9.53. The number of benzene rings is 2. The average Bonchev–Trinajstić information content (AvgIpc) is 2.86. The average molecular weight is 434 g/mol. The van der Waals surface area contributed by atoms with E-state index in [9.17, 15) is 4.79 Å². The van der Waals surface area contributed by atoms with Gasteiger partial charge in [0.15, 0.2) is 0 Å². The first-order chi connectivity index (χ1) is 15.7. The van der Waals surface area contributed by atoms with Gasteiger partial charge in [-0.2, -0.15) is 0 Å². The number of ether oxygens (including phenoxy) is 1. The summed E-state index contributed by atoms with van der Waals surface area (Å²) in [6.45, 7) is 4.94. The molecule has 1 amide bonds. The number of carbonyl (C=O) groups is 1. The van der Waals surface area contributed by atoms with Gasteiger partial charge < -0.3 is 15.0 Å². The van der Waals surface area contributed by atoms with Crippen molar-refractivity contribution in [3.05, 3.63) is 59.7 Å². The van der Waals surface area contributed by atoms with Crippen molar-refractivity contribution < 1.29 is 9.53 Å². The monoisotopic (exact) mass is 433 g/mol. The van der Waals surface area contributed by atoms with E-state index < -0.39 is 0 Å². The maximum Gasteiger partial charge on any atom is 0.251 e. The quantitative estimate of drug-likeness (QED) is 0.737. The van der Waals surface area contributed by atoms with E-state index in [-0.39, 0.29) is 5.91 Å². The summed E-state index contributed by atoms with van der Waals surface area (Å²) >= 11 is 0. The summed E-state index contributed by atoms with van der Waals surface area (Å²) in [7, 11) is 1.73. The zero-order valence-electron chi connectivity index (χ0n) is 19.1. The van der Waals surface area contributed by atoms with Gasteiger partial charge in [-0.25, -0.2) is 0 Å². The molecule has 3 aliphatic carbocycles. The largest absolute Gasteiger partial charge is 0.495 e. The molecule has 6 rings (SSSR count). The molecule has 1 N–H and O–H groups in total. The van der Waals surface area contributed by atoms with Crippen LogP contribution < -0.4 is 15.0 Å². The standard InChI is InChI=1S/C27H35N3O2/c1-32-26-5-3-2-4-25(26)30-16-14-29(15-17-30)19-21-8-12-23(13-9-21)27(31)28-24-18-20-6-10-22(24)11-7-20/h2-5,8-9,12-13,20,22,24H,6-7,10-11,14-19H2,1H3,(H,28,31). The molecule has 170 valence electrons. The van der Waals surface area contributed by atoms with Crippen molar-refractivity contribution >= 4 is 11.6 Å². The molecule has 2 aromatic carbocycles. The number of hydrogen-bond acceptors (Lipinski definition) is 4. The Hall–Kier alpha value is -2.53. The molecular weight excluding hydrogens is 398 g/mol. The van der Waals surface area contributed by atoms with Gasteiger partial charge in [0.2, 0.25) is 0 Å². The van der Waals surface area contributed by atoms with Gasteiger partial charge in [0.05, 0.1) is 12.8 Å². The highest BCUT2D eigenvalue weighted by atomic mass is 16.5. The molecule has 1 unspecified atom stereocenters. The molecule has 1 atom stereocenters. The number of fused-ring (bicyclic) bond motifs is 3. The van der Waals surface area contributed by atoms with Crippen LogP contribution in [0.15, 0.2) is 48.5 Å². The van der Waals surface area contributed by atoms with Gasteiger partial charge in [0.1, 0.15) is 5.75 Å². The van der Waals surface area contributed by atoms with Gasteiger partial charge in [-0.1, -0.05) is 37.1 Å². The number of hydrogen-bond donors (Lipinski definition) is 1. The molecule has 4 aliphatic rings. The Bertz CT molecular complexity index is 913. The molecule has 1 saturated heterocycles. The van der Waals surface area contributed by atoms with Gasteiger partial charge in [0.25, 0.3) is 5.91 Å². The van der Waals surface area contributed by atoms with Crippen molar-refractivity contribution in [2.24, 2.45) is 11.8 Å². The summed E-state index contributed by atoms with van der Waals surface area (Å²) in [5.74, 6) is 2.56. The second-order valence-corrected chi connectivity index (χ2v) is 9.73. The molecule has 5 nitrogen and oxygen atoms in total. The summed E-state index contributed by atoms with van der Waals surface area (Å²) < 4.78 is 5.53. The van der Waals surface area contributed by atoms with E-state index in [4.69, 9.17) is 4.74 Å². The Balaban J connectivity index is 1.12. The predicted molar refractivity (Wildman–Crippen MR) is 128 cm³/mol. The minimum absolute atomic E-state index is 0.0968. The zero-order chi connectivity index (χ0) is 21.9. The lowest BCUT2D eigenvalue weighted by Crippen LogP contribution is -2.47. The summed E-state index contributed by atoms with van der Waals surface area (Å²) in [5.41, 5.74) is 3.23. The van der Waals surface area contributed by atoms with Crippen LogP contribution in [-0.4, -0.2) is 50.1 Å². The van der Waals surface area contributed by atoms with Crippen LogP contribution in [0, 0.1) is 11.8 Å². The number of nitrogens with one attached hydrogen (secondary N) is 1. The minimum Gasteiger partial charge on any atom is -0.495 e. The van der Waals surface area contributed by atoms with Crippen LogP contribution >= 0.6 is 0 Å². The topological polar surface area (TPSA) is 44.8 Å². The van der Waals surface area contributed by atoms with Crippen molar-refractivity contribution in [3.8, 4) is 5.75 Å². The van der Waals surface area contributed by atoms with Crippen molar-refractivity contribution in [1.82, 2.24) is 10.2 Å². The molecular formula is C27H35N3O2. The van der Waals surface area contributed by atoms with Gasteiger partial charge in [0, 0.05) is 44.3 Å². The molecule has 2 bridgehead atoms. The minimum atomic E-state index is 0.0968. The lowest BCUT2D eigenvalue weighted by Gasteiger charge is -2.42. The summed E-state index contributed by atoms with van der Waals surface area (Å²) in [6.07, 6.45) is 6.48. The number of carbonyl (C=O) groups excluding carboxylic acids is 1. The highest BCUT2D eigenvalue weighted by Crippen LogP contribution is 2.41. The summed E-state index contributed by atoms with van der Waals surface area (Å²) in [5, 5.41) is 3.33. The number of nitrogens with zero attached hydrogens (tertiary/aromatic N) is 2. The molecule has 2 aromatic rings. The maximum absolute atomic E-state index is 12.8. The van der Waals surface area contributed by atoms with Crippen LogP contribution in [0.2, 0.25) is 0 Å². The Morgan fingerprint density at radius 3 is 2.34 bits per heavy atom. The fraction of sp³-hybridized carbons (Fsp3) is 0.519. The van der Waals surface area contributed by atoms with Crippen LogP contribution in [0.3, 0.4) is 0 Å². The maximum atomic E-state index is 12.8. The normalized spacial score (nSPS) is 25.5. The fourth-order valence-corrected chi connectivity index (χ4v) is 5.86. The third-order valence-corrected chi connectivity index (χ3v) is 7.78. The molecule has 4 fully saturated rings. The van der Waals surface area contributed by atoms with E-state index in [0.29, 0.717) is 12.0 Å². The van der Waals surface area contributed by atoms with E-state index >= 15 is 0 Å². The third kappa shape index (κ3) is 4.63. The van der Waals surface area contributed by atoms with Gasteiger partial charge in [-0.15, -0.1) is 0 Å². The first kappa shape index (κ1) is 21.3. The second-order valence-electron chi connectivity index (χ2n) is 9.73. The molecule has 5 heteroatoms. The van der Waals surface area contributed by atoms with E-state index in [2.05, 4.69) is 39.4 Å². The lowest BCUT2D eigenvalue weighted by atomic mass is 9.68. The van der Waals surface area contributed by atoms with Crippen LogP contribution in [0.1, 0.15) is 48.0 Å². The van der Waals surface area contributed by atoms with Gasteiger partial charge in [-0.3, -0.25) is 9.69 Å². The summed E-state index contributed by atoms with van der Waals surface area (Å²) in [6, 6.07) is 16.9. The first-order valence-electron chi connectivity index (χ1n) is 12.2. The smallest absolute Gasteiger partial charge is 0.251 e. The Labute approximate surface area is 191 Å². The lowest BCUT2D eigenvalue weighted by molar-refractivity contribution is 0.0810. The SMILES string of the molecule is COc1ccccc1N1CCN(Cc2ccc(C(=O)NC3CC4CCC3CC4)cc2)CC1. The zero-order valence-corrected chi connectivity index (χ0v) is 19.1. The predicted octanol–water partition coefficient (Wildman–Crippen LogP) is 4.33. The molecule has 3 saturated carbocycles. The third-order valence-electron chi connectivity index (χ3n) is 7.78. The molecule has 0 radical (unpaired) electrons. The number of anilines is 1. The van der Waals surface area contributed by atoms with Crippen LogP contribution in [0.25, 0.3) is 0 Å². The first-order valence-corrected chi connectivity index (χ1v) is 12.2. The highest BCUT2D eigenvalue weighted by molar-refractivity contribution is 5.94. The molecule has 1 aliphatic heterocycles. The highest BCUT2D eigenvalue weighted by Gasteiger charge is 2.36. The van der Waals surface area contributed by atoms with Crippen LogP contribution in [-0.2, 0) is 6.54 Å². The number of amides is 1. The Morgan fingerprint density at radius 1 is 0.969 bits per heavy atom. The van der Waals surface area contributed by atoms with Gasteiger partial charge in [-0.05, 0) is 60.9 Å². The molecule has 0 spiro atoms. The number of methoxy groups -OCH3 is 1. The fourth-order valence-electron chi connectivity index (χ4n) is 5.86. The van der Waals surface area contributed by atoms with E-state index in [1.807, 2.05) is 24.3 Å². The Kier molecular flexibility index (Phi) is 6.35. The number of piperazine rings is 1. The van der Waals surface area contributed by atoms with Crippen LogP contribution in [0.4, 0.5) is 5.69 Å². The van der Waals surface area contributed by atoms with Crippen LogP contribution in [0.5, 0.6) is 5.75 Å².